The van der Waals surface area contributed by atoms with Gasteiger partial charge in [0.25, 0.3) is 5.91 Å². The number of amides is 1. The highest BCUT2D eigenvalue weighted by molar-refractivity contribution is 7.98. The molecule has 0 heterocycles. The summed E-state index contributed by atoms with van der Waals surface area (Å²) in [6.07, 6.45) is 5.42. The molecule has 0 saturated heterocycles. The molecule has 2 aliphatic carbocycles. The van der Waals surface area contributed by atoms with Crippen LogP contribution in [-0.2, 0) is 19.6 Å². The number of thioether (sulfide) groups is 1. The maximum Gasteiger partial charge on any atom is 0.254 e. The van der Waals surface area contributed by atoms with Crippen LogP contribution in [0.25, 0.3) is 0 Å². The summed E-state index contributed by atoms with van der Waals surface area (Å²) in [5.41, 5.74) is -1.24. The Hall–Kier alpha value is -1.11. The number of nitriles is 1. The molecule has 2 bridgehead atoms. The van der Waals surface area contributed by atoms with E-state index in [2.05, 4.69) is 4.72 Å². The molecule has 2 rings (SSSR count). The van der Waals surface area contributed by atoms with Crippen molar-refractivity contribution < 1.29 is 18.0 Å². The minimum absolute atomic E-state index is 0.0177. The van der Waals surface area contributed by atoms with E-state index in [9.17, 15) is 18.0 Å². The summed E-state index contributed by atoms with van der Waals surface area (Å²) in [4.78, 5) is 26.0. The van der Waals surface area contributed by atoms with Crippen molar-refractivity contribution in [1.82, 2.24) is 9.62 Å². The van der Waals surface area contributed by atoms with Crippen LogP contribution in [-0.4, -0.2) is 55.4 Å². The lowest BCUT2D eigenvalue weighted by molar-refractivity contribution is -0.129. The van der Waals surface area contributed by atoms with Gasteiger partial charge >= 0.3 is 0 Å². The molecule has 0 radical (unpaired) electrons. The third-order valence-electron chi connectivity index (χ3n) is 6.23. The van der Waals surface area contributed by atoms with Gasteiger partial charge in [-0.1, -0.05) is 13.8 Å². The van der Waals surface area contributed by atoms with Gasteiger partial charge in [0.2, 0.25) is 10.0 Å². The molecule has 7 nitrogen and oxygen atoms in total. The quantitative estimate of drug-likeness (QED) is 0.486. The van der Waals surface area contributed by atoms with E-state index < -0.39 is 27.4 Å². The summed E-state index contributed by atoms with van der Waals surface area (Å²) in [6, 6.07) is -1.01. The molecule has 2 fully saturated rings. The predicted molar refractivity (Wildman–Crippen MR) is 101 cm³/mol. The van der Waals surface area contributed by atoms with Gasteiger partial charge in [-0.25, -0.2) is 18.0 Å². The lowest BCUT2D eigenvalue weighted by atomic mass is 9.70. The van der Waals surface area contributed by atoms with Crippen LogP contribution in [0.15, 0.2) is 0 Å². The summed E-state index contributed by atoms with van der Waals surface area (Å²) in [5, 5.41) is 9.06. The van der Waals surface area contributed by atoms with Crippen LogP contribution in [0.5, 0.6) is 0 Å². The third-order valence-corrected chi connectivity index (χ3v) is 8.41. The van der Waals surface area contributed by atoms with Crippen LogP contribution >= 0.6 is 11.8 Å². The van der Waals surface area contributed by atoms with Gasteiger partial charge in [0.05, 0.1) is 5.75 Å². The number of rotatable bonds is 8. The number of hydrogen-bond donors (Lipinski definition) is 1. The summed E-state index contributed by atoms with van der Waals surface area (Å²) in [6.45, 7) is 5.79. The summed E-state index contributed by atoms with van der Waals surface area (Å²) < 4.78 is 28.2. The number of Topliss-reactive ketones (excluding diaryl/α,β-unsaturated/α-hetero) is 1. The van der Waals surface area contributed by atoms with Crippen molar-refractivity contribution in [1.29, 1.82) is 5.26 Å². The number of carbonyl (C=O) groups is 2. The average Bonchev–Trinajstić information content (AvgIpc) is 2.89. The first-order valence-corrected chi connectivity index (χ1v) is 11.8. The normalized spacial score (nSPS) is 28.0. The summed E-state index contributed by atoms with van der Waals surface area (Å²) >= 11 is 1.32. The highest BCUT2D eigenvalue weighted by atomic mass is 32.2. The molecule has 2 aliphatic rings. The molecule has 0 aromatic heterocycles. The van der Waals surface area contributed by atoms with Crippen molar-refractivity contribution in [3.05, 3.63) is 0 Å². The highest BCUT2D eigenvalue weighted by Crippen LogP contribution is 2.64. The number of sulfonamides is 1. The maximum atomic E-state index is 12.9. The predicted octanol–water partition coefficient (Wildman–Crippen LogP) is 1.36. The van der Waals surface area contributed by atoms with Gasteiger partial charge < -0.3 is 0 Å². The molecule has 146 valence electrons. The highest BCUT2D eigenvalue weighted by Gasteiger charge is 2.65. The zero-order chi connectivity index (χ0) is 19.8. The van der Waals surface area contributed by atoms with Crippen LogP contribution in [0, 0.1) is 28.2 Å². The van der Waals surface area contributed by atoms with Gasteiger partial charge in [-0.05, 0) is 37.4 Å². The SMILES string of the molecule is CCN(C#N)C(=O)C(CSC)NS(=O)(=O)CC12CCC(CC1=O)C2(C)C. The van der Waals surface area contributed by atoms with Crippen LogP contribution in [0.4, 0.5) is 0 Å². The number of hydrogen-bond acceptors (Lipinski definition) is 6. The smallest absolute Gasteiger partial charge is 0.254 e. The van der Waals surface area contributed by atoms with E-state index in [1.54, 1.807) is 19.4 Å². The number of nitrogens with one attached hydrogen (secondary N) is 1. The fraction of sp³-hybridized carbons (Fsp3) is 0.824. The number of nitrogens with zero attached hydrogens (tertiary/aromatic N) is 2. The molecule has 0 aromatic carbocycles. The van der Waals surface area contributed by atoms with Crippen molar-refractivity contribution >= 4 is 33.5 Å². The largest absolute Gasteiger partial charge is 0.299 e. The number of ketones is 1. The van der Waals surface area contributed by atoms with Crippen molar-refractivity contribution in [2.45, 2.75) is 46.1 Å². The Morgan fingerprint density at radius 3 is 2.58 bits per heavy atom. The number of likely N-dealkylation sites (N-methyl/N-ethyl adjacent to an activating group) is 1. The Morgan fingerprint density at radius 1 is 1.50 bits per heavy atom. The Morgan fingerprint density at radius 2 is 2.15 bits per heavy atom. The fourth-order valence-corrected chi connectivity index (χ4v) is 7.17. The second-order valence-corrected chi connectivity index (χ2v) is 10.4. The first kappa shape index (κ1) is 21.2. The minimum Gasteiger partial charge on any atom is -0.299 e. The molecule has 0 aromatic rings. The van der Waals surface area contributed by atoms with E-state index in [-0.39, 0.29) is 35.2 Å². The second kappa shape index (κ2) is 7.49. The zero-order valence-electron chi connectivity index (χ0n) is 15.7. The van der Waals surface area contributed by atoms with Crippen molar-refractivity contribution in [2.24, 2.45) is 16.7 Å². The van der Waals surface area contributed by atoms with Gasteiger partial charge in [0, 0.05) is 24.1 Å². The molecular formula is C17H27N3O4S2. The summed E-state index contributed by atoms with van der Waals surface area (Å²) in [7, 11) is -3.87. The van der Waals surface area contributed by atoms with Crippen LogP contribution in [0.3, 0.4) is 0 Å². The minimum atomic E-state index is -3.87. The first-order valence-electron chi connectivity index (χ1n) is 8.78. The van der Waals surface area contributed by atoms with Crippen LogP contribution in [0.2, 0.25) is 0 Å². The van der Waals surface area contributed by atoms with E-state index in [4.69, 9.17) is 5.26 Å². The maximum absolute atomic E-state index is 12.9. The molecule has 0 spiro atoms. The molecule has 3 unspecified atom stereocenters. The number of carbonyl (C=O) groups excluding carboxylic acids is 2. The Labute approximate surface area is 159 Å². The standard InChI is InChI=1S/C17H27N3O4S2/c1-5-20(11-18)15(22)13(9-25-4)19-26(23,24)10-17-7-6-12(8-14(17)21)16(17,2)3/h12-13,19H,5-10H2,1-4H3. The van der Waals surface area contributed by atoms with Crippen molar-refractivity contribution in [3.63, 3.8) is 0 Å². The van der Waals surface area contributed by atoms with E-state index in [1.165, 1.54) is 11.8 Å². The van der Waals surface area contributed by atoms with Gasteiger partial charge in [0.15, 0.2) is 6.19 Å². The van der Waals surface area contributed by atoms with E-state index >= 15 is 0 Å². The summed E-state index contributed by atoms with van der Waals surface area (Å²) in [5.74, 6) is -0.388. The topological polar surface area (TPSA) is 107 Å². The molecule has 2 saturated carbocycles. The molecule has 3 atom stereocenters. The van der Waals surface area contributed by atoms with Crippen molar-refractivity contribution in [3.8, 4) is 6.19 Å². The van der Waals surface area contributed by atoms with E-state index in [0.29, 0.717) is 12.8 Å². The second-order valence-electron chi connectivity index (χ2n) is 7.73. The molecule has 26 heavy (non-hydrogen) atoms. The zero-order valence-corrected chi connectivity index (χ0v) is 17.4. The van der Waals surface area contributed by atoms with E-state index in [1.807, 2.05) is 13.8 Å². The van der Waals surface area contributed by atoms with Gasteiger partial charge in [-0.15, -0.1) is 0 Å². The Bertz CT molecular complexity index is 729. The van der Waals surface area contributed by atoms with Gasteiger partial charge in [-0.2, -0.15) is 17.0 Å². The van der Waals surface area contributed by atoms with Gasteiger partial charge in [0.1, 0.15) is 11.8 Å². The molecular weight excluding hydrogens is 374 g/mol. The first-order chi connectivity index (χ1) is 12.0. The molecule has 1 N–H and O–H groups in total. The Balaban J connectivity index is 2.22. The Kier molecular flexibility index (Phi) is 6.10. The fourth-order valence-electron chi connectivity index (χ4n) is 4.48. The molecule has 0 aliphatic heterocycles. The monoisotopic (exact) mass is 401 g/mol. The lowest BCUT2D eigenvalue weighted by Crippen LogP contribution is -2.52. The molecule has 1 amide bonds. The van der Waals surface area contributed by atoms with Gasteiger partial charge in [-0.3, -0.25) is 9.59 Å². The van der Waals surface area contributed by atoms with Crippen LogP contribution < -0.4 is 4.72 Å². The third kappa shape index (κ3) is 3.51. The number of fused-ring (bicyclic) bond motifs is 2. The van der Waals surface area contributed by atoms with Crippen molar-refractivity contribution in [2.75, 3.05) is 24.3 Å². The lowest BCUT2D eigenvalue weighted by Gasteiger charge is -2.36. The van der Waals surface area contributed by atoms with E-state index in [0.717, 1.165) is 11.3 Å². The average molecular weight is 402 g/mol. The van der Waals surface area contributed by atoms with Crippen LogP contribution in [0.1, 0.15) is 40.0 Å². The molecule has 9 heteroatoms.